The van der Waals surface area contributed by atoms with Crippen LogP contribution in [0.5, 0.6) is 11.5 Å². The molecule has 2 aromatic rings. The molecular formula is C17H18N2O3S. The molecule has 1 unspecified atom stereocenters. The van der Waals surface area contributed by atoms with Crippen molar-refractivity contribution in [1.29, 1.82) is 0 Å². The Morgan fingerprint density at radius 1 is 1.22 bits per heavy atom. The van der Waals surface area contributed by atoms with Crippen LogP contribution in [0, 0.1) is 0 Å². The Morgan fingerprint density at radius 2 is 1.96 bits per heavy atom. The van der Waals surface area contributed by atoms with E-state index in [1.165, 1.54) is 0 Å². The second kappa shape index (κ2) is 6.91. The number of rotatable bonds is 5. The summed E-state index contributed by atoms with van der Waals surface area (Å²) in [4.78, 5) is 18.3. The summed E-state index contributed by atoms with van der Waals surface area (Å²) in [6.07, 6.45) is 3.51. The van der Waals surface area contributed by atoms with Crippen molar-refractivity contribution in [2.24, 2.45) is 0 Å². The van der Waals surface area contributed by atoms with Crippen LogP contribution in [-0.2, 0) is 11.3 Å². The molecule has 2 heterocycles. The number of ether oxygens (including phenoxy) is 2. The van der Waals surface area contributed by atoms with Crippen molar-refractivity contribution < 1.29 is 14.3 Å². The Morgan fingerprint density at radius 3 is 2.57 bits per heavy atom. The van der Waals surface area contributed by atoms with Gasteiger partial charge >= 0.3 is 0 Å². The molecular weight excluding hydrogens is 312 g/mol. The molecule has 1 amide bonds. The molecule has 1 saturated heterocycles. The Hall–Kier alpha value is -2.21. The maximum absolute atomic E-state index is 12.4. The molecule has 0 spiro atoms. The van der Waals surface area contributed by atoms with E-state index in [4.69, 9.17) is 9.47 Å². The van der Waals surface area contributed by atoms with E-state index in [0.717, 1.165) is 22.6 Å². The fraction of sp³-hybridized carbons (Fsp3) is 0.294. The largest absolute Gasteiger partial charge is 0.496 e. The van der Waals surface area contributed by atoms with Crippen LogP contribution in [-0.4, -0.2) is 35.8 Å². The minimum Gasteiger partial charge on any atom is -0.496 e. The number of hydrogen-bond acceptors (Lipinski definition) is 5. The summed E-state index contributed by atoms with van der Waals surface area (Å²) in [5.41, 5.74) is 1.90. The lowest BCUT2D eigenvalue weighted by Gasteiger charge is -2.26. The van der Waals surface area contributed by atoms with E-state index in [9.17, 15) is 4.79 Å². The molecule has 1 aromatic carbocycles. The van der Waals surface area contributed by atoms with Crippen LogP contribution in [0.25, 0.3) is 0 Å². The van der Waals surface area contributed by atoms with Gasteiger partial charge in [0.1, 0.15) is 16.9 Å². The predicted molar refractivity (Wildman–Crippen MR) is 89.5 cm³/mol. The van der Waals surface area contributed by atoms with Gasteiger partial charge in [-0.25, -0.2) is 0 Å². The van der Waals surface area contributed by atoms with Gasteiger partial charge in [-0.05, 0) is 23.8 Å². The van der Waals surface area contributed by atoms with Gasteiger partial charge in [-0.2, -0.15) is 0 Å². The number of amides is 1. The van der Waals surface area contributed by atoms with Crippen molar-refractivity contribution in [3.05, 3.63) is 53.9 Å². The molecule has 1 atom stereocenters. The second-order valence-electron chi connectivity index (χ2n) is 5.12. The molecule has 0 bridgehead atoms. The van der Waals surface area contributed by atoms with Crippen molar-refractivity contribution in [3.8, 4) is 11.5 Å². The number of hydrogen-bond donors (Lipinski definition) is 0. The average Bonchev–Trinajstić information content (AvgIpc) is 2.95. The highest BCUT2D eigenvalue weighted by molar-refractivity contribution is 8.00. The van der Waals surface area contributed by atoms with Crippen molar-refractivity contribution in [3.63, 3.8) is 0 Å². The van der Waals surface area contributed by atoms with Gasteiger partial charge in [0.15, 0.2) is 0 Å². The number of benzene rings is 1. The lowest BCUT2D eigenvalue weighted by Crippen LogP contribution is -2.28. The van der Waals surface area contributed by atoms with Gasteiger partial charge < -0.3 is 14.4 Å². The van der Waals surface area contributed by atoms with Crippen LogP contribution in [0.15, 0.2) is 42.7 Å². The standard InChI is InChI=1S/C17H18N2O3S/c1-21-13-6-3-7-14(22-2)16(13)17-19(15(20)11-23-17)10-12-5-4-8-18-9-12/h3-9,17H,10-11H2,1-2H3. The van der Waals surface area contributed by atoms with Crippen molar-refractivity contribution in [2.45, 2.75) is 11.9 Å². The normalized spacial score (nSPS) is 17.4. The first-order valence-corrected chi connectivity index (χ1v) is 8.30. The molecule has 23 heavy (non-hydrogen) atoms. The molecule has 3 rings (SSSR count). The Kier molecular flexibility index (Phi) is 4.71. The molecule has 1 aromatic heterocycles. The van der Waals surface area contributed by atoms with Crippen molar-refractivity contribution in [1.82, 2.24) is 9.88 Å². The van der Waals surface area contributed by atoms with E-state index in [2.05, 4.69) is 4.98 Å². The zero-order valence-corrected chi connectivity index (χ0v) is 13.9. The summed E-state index contributed by atoms with van der Waals surface area (Å²) in [5.74, 6) is 2.02. The summed E-state index contributed by atoms with van der Waals surface area (Å²) < 4.78 is 11.0. The van der Waals surface area contributed by atoms with Gasteiger partial charge in [-0.3, -0.25) is 9.78 Å². The number of thioether (sulfide) groups is 1. The van der Waals surface area contributed by atoms with Gasteiger partial charge in [0, 0.05) is 18.9 Å². The topological polar surface area (TPSA) is 51.7 Å². The smallest absolute Gasteiger partial charge is 0.234 e. The SMILES string of the molecule is COc1cccc(OC)c1C1SCC(=O)N1Cc1cccnc1. The first kappa shape index (κ1) is 15.7. The van der Waals surface area contributed by atoms with Crippen molar-refractivity contribution in [2.75, 3.05) is 20.0 Å². The molecule has 6 heteroatoms. The van der Waals surface area contributed by atoms with Crippen LogP contribution in [0.3, 0.4) is 0 Å². The molecule has 5 nitrogen and oxygen atoms in total. The zero-order valence-electron chi connectivity index (χ0n) is 13.1. The fourth-order valence-electron chi connectivity index (χ4n) is 2.68. The lowest BCUT2D eigenvalue weighted by atomic mass is 10.1. The Balaban J connectivity index is 1.96. The van der Waals surface area contributed by atoms with E-state index in [1.54, 1.807) is 38.4 Å². The van der Waals surface area contributed by atoms with E-state index in [-0.39, 0.29) is 11.3 Å². The maximum atomic E-state index is 12.4. The summed E-state index contributed by atoms with van der Waals surface area (Å²) in [7, 11) is 3.26. The van der Waals surface area contributed by atoms with Crippen LogP contribution in [0.4, 0.5) is 0 Å². The first-order valence-electron chi connectivity index (χ1n) is 7.25. The van der Waals surface area contributed by atoms with Gasteiger partial charge in [-0.1, -0.05) is 12.1 Å². The van der Waals surface area contributed by atoms with Crippen LogP contribution in [0.1, 0.15) is 16.5 Å². The van der Waals surface area contributed by atoms with E-state index < -0.39 is 0 Å². The fourth-order valence-corrected chi connectivity index (χ4v) is 3.91. The third-order valence-electron chi connectivity index (χ3n) is 3.76. The number of pyridine rings is 1. The molecule has 0 saturated carbocycles. The van der Waals surface area contributed by atoms with Gasteiger partial charge in [-0.15, -0.1) is 11.8 Å². The van der Waals surface area contributed by atoms with Crippen LogP contribution in [0.2, 0.25) is 0 Å². The molecule has 1 aliphatic heterocycles. The van der Waals surface area contributed by atoms with Crippen LogP contribution < -0.4 is 9.47 Å². The van der Waals surface area contributed by atoms with Crippen molar-refractivity contribution >= 4 is 17.7 Å². The molecule has 0 aliphatic carbocycles. The third kappa shape index (κ3) is 3.12. The quantitative estimate of drug-likeness (QED) is 0.844. The minimum atomic E-state index is -0.131. The number of aromatic nitrogens is 1. The highest BCUT2D eigenvalue weighted by Gasteiger charge is 2.36. The van der Waals surface area contributed by atoms with Gasteiger partial charge in [0.2, 0.25) is 5.91 Å². The third-order valence-corrected chi connectivity index (χ3v) is 4.98. The molecule has 0 N–H and O–H groups in total. The van der Waals surface area contributed by atoms with Gasteiger partial charge in [0.05, 0.1) is 25.5 Å². The highest BCUT2D eigenvalue weighted by atomic mass is 32.2. The van der Waals surface area contributed by atoms with E-state index >= 15 is 0 Å². The van der Waals surface area contributed by atoms with Gasteiger partial charge in [0.25, 0.3) is 0 Å². The van der Waals surface area contributed by atoms with E-state index in [0.29, 0.717) is 12.3 Å². The van der Waals surface area contributed by atoms with E-state index in [1.807, 2.05) is 35.2 Å². The summed E-state index contributed by atoms with van der Waals surface area (Å²) in [6.45, 7) is 0.519. The molecule has 1 aliphatic rings. The number of nitrogens with zero attached hydrogens (tertiary/aromatic N) is 2. The lowest BCUT2D eigenvalue weighted by molar-refractivity contribution is -0.128. The molecule has 0 radical (unpaired) electrons. The minimum absolute atomic E-state index is 0.108. The molecule has 120 valence electrons. The maximum Gasteiger partial charge on any atom is 0.234 e. The zero-order chi connectivity index (χ0) is 16.2. The summed E-state index contributed by atoms with van der Waals surface area (Å²) in [6, 6.07) is 9.52. The second-order valence-corrected chi connectivity index (χ2v) is 6.19. The Labute approximate surface area is 139 Å². The highest BCUT2D eigenvalue weighted by Crippen LogP contribution is 2.47. The van der Waals surface area contributed by atoms with Crippen LogP contribution >= 0.6 is 11.8 Å². The average molecular weight is 330 g/mol. The monoisotopic (exact) mass is 330 g/mol. The summed E-state index contributed by atoms with van der Waals surface area (Å²) >= 11 is 1.59. The Bertz CT molecular complexity index is 671. The number of methoxy groups -OCH3 is 2. The predicted octanol–water partition coefficient (Wildman–Crippen LogP) is 2.87. The first-order chi connectivity index (χ1) is 11.2. The molecule has 1 fully saturated rings. The number of carbonyl (C=O) groups is 1. The summed E-state index contributed by atoms with van der Waals surface area (Å²) in [5, 5.41) is -0.131. The number of carbonyl (C=O) groups excluding carboxylic acids is 1.